The highest BCUT2D eigenvalue weighted by molar-refractivity contribution is 5.44. The van der Waals surface area contributed by atoms with Crippen LogP contribution in [0.5, 0.6) is 0 Å². The molecule has 1 unspecified atom stereocenters. The molecule has 0 fully saturated rings. The highest BCUT2D eigenvalue weighted by Gasteiger charge is 2.19. The summed E-state index contributed by atoms with van der Waals surface area (Å²) in [6, 6.07) is 8.74. The second kappa shape index (κ2) is 4.06. The fraction of sp³-hybridized carbons (Fsp3) is 0.286. The van der Waals surface area contributed by atoms with Crippen molar-refractivity contribution in [3.8, 4) is 11.8 Å². The van der Waals surface area contributed by atoms with Gasteiger partial charge >= 0.3 is 0 Å². The van der Waals surface area contributed by atoms with Crippen molar-refractivity contribution < 1.29 is 0 Å². The fourth-order valence-corrected chi connectivity index (χ4v) is 2.51. The number of hydrogen-bond donors (Lipinski definition) is 0. The Morgan fingerprint density at radius 2 is 2.35 bits per heavy atom. The van der Waals surface area contributed by atoms with Crippen LogP contribution in [0.4, 0.5) is 0 Å². The van der Waals surface area contributed by atoms with E-state index in [9.17, 15) is 0 Å². The molecule has 1 aliphatic rings. The van der Waals surface area contributed by atoms with Crippen LogP contribution in [0.2, 0.25) is 0 Å². The average molecular weight is 223 g/mol. The quantitative estimate of drug-likeness (QED) is 0.746. The van der Waals surface area contributed by atoms with Crippen LogP contribution in [0.3, 0.4) is 0 Å². The van der Waals surface area contributed by atoms with Crippen molar-refractivity contribution in [1.29, 1.82) is 5.26 Å². The van der Waals surface area contributed by atoms with Gasteiger partial charge in [0.1, 0.15) is 0 Å². The third-order valence-corrected chi connectivity index (χ3v) is 3.40. The van der Waals surface area contributed by atoms with Crippen LogP contribution in [0.1, 0.15) is 29.9 Å². The summed E-state index contributed by atoms with van der Waals surface area (Å²) >= 11 is 0. The van der Waals surface area contributed by atoms with Gasteiger partial charge in [-0.2, -0.15) is 5.26 Å². The molecule has 3 heteroatoms. The Kier molecular flexibility index (Phi) is 2.41. The number of nitrogens with zero attached hydrogens (tertiary/aromatic N) is 3. The van der Waals surface area contributed by atoms with Gasteiger partial charge < -0.3 is 4.57 Å². The number of fused-ring (bicyclic) bond motifs is 1. The van der Waals surface area contributed by atoms with Gasteiger partial charge in [-0.25, -0.2) is 4.98 Å². The van der Waals surface area contributed by atoms with Crippen LogP contribution in [0, 0.1) is 11.3 Å². The molecule has 1 aliphatic carbocycles. The highest BCUT2D eigenvalue weighted by atomic mass is 15.0. The van der Waals surface area contributed by atoms with Gasteiger partial charge in [0.15, 0.2) is 0 Å². The van der Waals surface area contributed by atoms with Crippen molar-refractivity contribution in [2.24, 2.45) is 0 Å². The Morgan fingerprint density at radius 1 is 1.41 bits per heavy atom. The van der Waals surface area contributed by atoms with Gasteiger partial charge in [0.05, 0.1) is 18.3 Å². The molecule has 1 aromatic heterocycles. The molecule has 0 radical (unpaired) electrons. The molecule has 3 rings (SSSR count). The lowest BCUT2D eigenvalue weighted by Crippen LogP contribution is -2.08. The largest absolute Gasteiger partial charge is 0.306 e. The molecule has 0 spiro atoms. The van der Waals surface area contributed by atoms with Crippen molar-refractivity contribution in [3.05, 3.63) is 48.0 Å². The summed E-state index contributed by atoms with van der Waals surface area (Å²) in [6.45, 7) is 0. The molecule has 0 saturated heterocycles. The summed E-state index contributed by atoms with van der Waals surface area (Å²) in [5.74, 6) is 0.0792. The minimum Gasteiger partial charge on any atom is -0.306 e. The van der Waals surface area contributed by atoms with Gasteiger partial charge in [-0.05, 0) is 42.5 Å². The summed E-state index contributed by atoms with van der Waals surface area (Å²) in [5, 5.41) is 9.13. The van der Waals surface area contributed by atoms with Crippen molar-refractivity contribution in [2.45, 2.75) is 25.2 Å². The van der Waals surface area contributed by atoms with Crippen molar-refractivity contribution >= 4 is 0 Å². The molecular formula is C14H13N3. The van der Waals surface area contributed by atoms with Gasteiger partial charge in [-0.3, -0.25) is 0 Å². The topological polar surface area (TPSA) is 41.6 Å². The van der Waals surface area contributed by atoms with E-state index in [1.165, 1.54) is 11.1 Å². The van der Waals surface area contributed by atoms with Crippen LogP contribution in [-0.4, -0.2) is 9.55 Å². The first-order valence-electron chi connectivity index (χ1n) is 5.89. The minimum absolute atomic E-state index is 0.0792. The molecule has 0 bridgehead atoms. The smallest absolute Gasteiger partial charge is 0.0991 e. The van der Waals surface area contributed by atoms with Crippen LogP contribution in [0.15, 0.2) is 36.9 Å². The summed E-state index contributed by atoms with van der Waals surface area (Å²) in [7, 11) is 0. The zero-order valence-corrected chi connectivity index (χ0v) is 9.50. The SMILES string of the molecule is N#CC1CCCc2cc(-n3ccnc3)ccc21. The van der Waals surface area contributed by atoms with Gasteiger partial charge in [0.2, 0.25) is 0 Å². The molecule has 84 valence electrons. The lowest BCUT2D eigenvalue weighted by atomic mass is 9.83. The van der Waals surface area contributed by atoms with Crippen LogP contribution in [-0.2, 0) is 6.42 Å². The third-order valence-electron chi connectivity index (χ3n) is 3.40. The number of aryl methyl sites for hydroxylation is 1. The molecule has 0 N–H and O–H groups in total. The Hall–Kier alpha value is -2.08. The number of benzene rings is 1. The molecule has 1 heterocycles. The van der Waals surface area contributed by atoms with E-state index in [1.807, 2.05) is 10.8 Å². The predicted molar refractivity (Wildman–Crippen MR) is 64.9 cm³/mol. The Bertz CT molecular complexity index is 564. The molecule has 0 saturated carbocycles. The van der Waals surface area contributed by atoms with E-state index in [-0.39, 0.29) is 5.92 Å². The second-order valence-corrected chi connectivity index (χ2v) is 4.43. The molecule has 1 aromatic carbocycles. The first-order chi connectivity index (χ1) is 8.38. The van der Waals surface area contributed by atoms with E-state index in [2.05, 4.69) is 29.3 Å². The molecule has 2 aromatic rings. The minimum atomic E-state index is 0.0792. The van der Waals surface area contributed by atoms with Crippen LogP contribution >= 0.6 is 0 Å². The van der Waals surface area contributed by atoms with E-state index < -0.39 is 0 Å². The zero-order valence-electron chi connectivity index (χ0n) is 9.50. The highest BCUT2D eigenvalue weighted by Crippen LogP contribution is 2.32. The maximum Gasteiger partial charge on any atom is 0.0991 e. The van der Waals surface area contributed by atoms with Crippen molar-refractivity contribution in [3.63, 3.8) is 0 Å². The lowest BCUT2D eigenvalue weighted by Gasteiger charge is -2.21. The summed E-state index contributed by atoms with van der Waals surface area (Å²) in [6.07, 6.45) is 8.69. The Balaban J connectivity index is 2.05. The van der Waals surface area contributed by atoms with E-state index >= 15 is 0 Å². The molecule has 0 aliphatic heterocycles. The van der Waals surface area contributed by atoms with Gasteiger partial charge in [0, 0.05) is 18.1 Å². The molecular weight excluding hydrogens is 210 g/mol. The van der Waals surface area contributed by atoms with E-state index in [0.29, 0.717) is 0 Å². The van der Waals surface area contributed by atoms with Gasteiger partial charge in [-0.15, -0.1) is 0 Å². The summed E-state index contributed by atoms with van der Waals surface area (Å²) < 4.78 is 2.00. The second-order valence-electron chi connectivity index (χ2n) is 4.43. The standard InChI is InChI=1S/C14H13N3/c15-9-12-3-1-2-11-8-13(4-5-14(11)12)17-7-6-16-10-17/h4-8,10,12H,1-3H2. The Morgan fingerprint density at radius 3 is 3.12 bits per heavy atom. The van der Waals surface area contributed by atoms with E-state index in [1.54, 1.807) is 12.5 Å². The molecule has 1 atom stereocenters. The molecule has 0 amide bonds. The third kappa shape index (κ3) is 1.72. The number of aromatic nitrogens is 2. The molecule has 3 nitrogen and oxygen atoms in total. The Labute approximate surface area is 100 Å². The lowest BCUT2D eigenvalue weighted by molar-refractivity contribution is 0.636. The first kappa shape index (κ1) is 10.1. The van der Waals surface area contributed by atoms with Crippen LogP contribution < -0.4 is 0 Å². The maximum atomic E-state index is 9.13. The van der Waals surface area contributed by atoms with Crippen LogP contribution in [0.25, 0.3) is 5.69 Å². The summed E-state index contributed by atoms with van der Waals surface area (Å²) in [5.41, 5.74) is 3.65. The number of hydrogen-bond acceptors (Lipinski definition) is 2. The number of imidazole rings is 1. The van der Waals surface area contributed by atoms with Crippen molar-refractivity contribution in [1.82, 2.24) is 9.55 Å². The summed E-state index contributed by atoms with van der Waals surface area (Å²) in [4.78, 5) is 4.05. The molecule has 17 heavy (non-hydrogen) atoms. The average Bonchev–Trinajstić information content (AvgIpc) is 2.91. The van der Waals surface area contributed by atoms with E-state index in [0.717, 1.165) is 24.9 Å². The monoisotopic (exact) mass is 223 g/mol. The predicted octanol–water partition coefficient (Wildman–Crippen LogP) is 2.82. The van der Waals surface area contributed by atoms with Gasteiger partial charge in [-0.1, -0.05) is 6.07 Å². The fourth-order valence-electron chi connectivity index (χ4n) is 2.51. The maximum absolute atomic E-state index is 9.13. The zero-order chi connectivity index (χ0) is 11.7. The number of nitriles is 1. The van der Waals surface area contributed by atoms with Crippen molar-refractivity contribution in [2.75, 3.05) is 0 Å². The van der Waals surface area contributed by atoms with E-state index in [4.69, 9.17) is 5.26 Å². The number of rotatable bonds is 1. The normalized spacial score (nSPS) is 18.4. The first-order valence-corrected chi connectivity index (χ1v) is 5.89. The van der Waals surface area contributed by atoms with Gasteiger partial charge in [0.25, 0.3) is 0 Å².